The molecule has 0 amide bonds. The number of nitrogens with one attached hydrogen (secondary N) is 1. The van der Waals surface area contributed by atoms with E-state index >= 15 is 0 Å². The van der Waals surface area contributed by atoms with Gasteiger partial charge in [0.25, 0.3) is 5.56 Å². The van der Waals surface area contributed by atoms with Crippen molar-refractivity contribution < 1.29 is 26.7 Å². The molecule has 10 heteroatoms. The lowest BCUT2D eigenvalue weighted by Gasteiger charge is -2.32. The summed E-state index contributed by atoms with van der Waals surface area (Å²) in [6.45, 7) is 1.40. The van der Waals surface area contributed by atoms with E-state index in [2.05, 4.69) is 4.98 Å². The van der Waals surface area contributed by atoms with Crippen LogP contribution in [0, 0.1) is 0 Å². The Labute approximate surface area is 186 Å². The van der Waals surface area contributed by atoms with E-state index in [-0.39, 0.29) is 24.6 Å². The zero-order chi connectivity index (χ0) is 22.9. The Kier molecular flexibility index (Phi) is 6.72. The number of nitrogens with zero attached hydrogens (tertiary/aromatic N) is 1. The molecule has 4 nitrogen and oxygen atoms in total. The number of fused-ring (bicyclic) bond motifs is 3. The number of alkyl halides is 5. The van der Waals surface area contributed by atoms with E-state index in [4.69, 9.17) is 4.74 Å². The van der Waals surface area contributed by atoms with Gasteiger partial charge in [0.05, 0.1) is 0 Å². The maximum Gasteiger partial charge on any atom is 0.453 e. The van der Waals surface area contributed by atoms with Gasteiger partial charge in [0.15, 0.2) is 0 Å². The third kappa shape index (κ3) is 5.06. The number of thioether (sulfide) groups is 1. The van der Waals surface area contributed by atoms with Crippen molar-refractivity contribution >= 4 is 22.7 Å². The van der Waals surface area contributed by atoms with E-state index in [0.29, 0.717) is 37.4 Å². The van der Waals surface area contributed by atoms with Crippen LogP contribution in [0.4, 0.5) is 22.0 Å². The normalized spacial score (nSPS) is 18.7. The van der Waals surface area contributed by atoms with Crippen molar-refractivity contribution in [2.24, 2.45) is 0 Å². The second-order valence-corrected chi connectivity index (χ2v) is 9.49. The molecule has 1 saturated heterocycles. The summed E-state index contributed by atoms with van der Waals surface area (Å²) in [6.07, 6.45) is -4.73. The average Bonchev–Trinajstić information content (AvgIpc) is 2.75. The Bertz CT molecular complexity index is 1020. The van der Waals surface area contributed by atoms with Crippen LogP contribution in [-0.4, -0.2) is 53.5 Å². The standard InChI is InChI=1S/C22H25F5N2O2S/c23-21(24,22(25,26)27)7-1-8-29-9-4-14(5-10-29)31-15-2-3-19-17(12-15)16-6-11-32-13-18(16)20(30)28-19/h2-3,12,14H,1,4-11,13H2,(H,28,30). The summed E-state index contributed by atoms with van der Waals surface area (Å²) in [5.41, 5.74) is 2.67. The average molecular weight is 477 g/mol. The zero-order valence-electron chi connectivity index (χ0n) is 17.4. The molecule has 0 atom stereocenters. The van der Waals surface area contributed by atoms with Crippen LogP contribution in [0.25, 0.3) is 10.9 Å². The second kappa shape index (κ2) is 9.21. The number of H-pyrrole nitrogens is 1. The van der Waals surface area contributed by atoms with Crippen molar-refractivity contribution in [3.8, 4) is 5.75 Å². The van der Waals surface area contributed by atoms with Gasteiger partial charge in [0, 0.05) is 41.7 Å². The van der Waals surface area contributed by atoms with E-state index in [0.717, 1.165) is 34.2 Å². The SMILES string of the molecule is O=c1[nH]c2ccc(OC3CCN(CCCC(F)(F)C(F)(F)F)CC3)cc2c2c1CSCC2. The van der Waals surface area contributed by atoms with Gasteiger partial charge in [-0.05, 0) is 61.7 Å². The van der Waals surface area contributed by atoms with Crippen molar-refractivity contribution in [3.63, 3.8) is 0 Å². The fraction of sp³-hybridized carbons (Fsp3) is 0.591. The maximum absolute atomic E-state index is 13.0. The number of likely N-dealkylation sites (tertiary alicyclic amines) is 1. The number of hydrogen-bond acceptors (Lipinski definition) is 4. The van der Waals surface area contributed by atoms with Crippen LogP contribution in [0.1, 0.15) is 36.8 Å². The highest BCUT2D eigenvalue weighted by molar-refractivity contribution is 7.98. The molecule has 1 aromatic carbocycles. The predicted molar refractivity (Wildman–Crippen MR) is 115 cm³/mol. The van der Waals surface area contributed by atoms with Crippen LogP contribution in [0.15, 0.2) is 23.0 Å². The molecule has 1 fully saturated rings. The third-order valence-corrected chi connectivity index (χ3v) is 7.15. The first-order chi connectivity index (χ1) is 15.1. The van der Waals surface area contributed by atoms with Gasteiger partial charge in [-0.3, -0.25) is 4.79 Å². The largest absolute Gasteiger partial charge is 0.490 e. The minimum atomic E-state index is -5.49. The van der Waals surface area contributed by atoms with Crippen molar-refractivity contribution in [2.45, 2.75) is 56.1 Å². The molecular weight excluding hydrogens is 451 g/mol. The lowest BCUT2D eigenvalue weighted by atomic mass is 10.0. The summed E-state index contributed by atoms with van der Waals surface area (Å²) in [7, 11) is 0. The molecule has 3 heterocycles. The molecule has 1 aromatic heterocycles. The highest BCUT2D eigenvalue weighted by Crippen LogP contribution is 2.39. The number of aromatic amines is 1. The van der Waals surface area contributed by atoms with Gasteiger partial charge in [-0.2, -0.15) is 33.7 Å². The van der Waals surface area contributed by atoms with Gasteiger partial charge in [0.1, 0.15) is 11.9 Å². The summed E-state index contributed by atoms with van der Waals surface area (Å²) in [5, 5.41) is 1.00. The molecule has 176 valence electrons. The lowest BCUT2D eigenvalue weighted by molar-refractivity contribution is -0.284. The van der Waals surface area contributed by atoms with Crippen molar-refractivity contribution in [3.05, 3.63) is 39.7 Å². The van der Waals surface area contributed by atoms with Crippen LogP contribution in [-0.2, 0) is 12.2 Å². The fourth-order valence-electron chi connectivity index (χ4n) is 4.35. The first kappa shape index (κ1) is 23.4. The number of benzene rings is 1. The zero-order valence-corrected chi connectivity index (χ0v) is 18.3. The molecule has 0 radical (unpaired) electrons. The van der Waals surface area contributed by atoms with Crippen LogP contribution < -0.4 is 10.3 Å². The number of hydrogen-bond donors (Lipinski definition) is 1. The molecule has 0 aliphatic carbocycles. The minimum absolute atomic E-state index is 0.0336. The fourth-order valence-corrected chi connectivity index (χ4v) is 5.35. The van der Waals surface area contributed by atoms with Gasteiger partial charge in [-0.15, -0.1) is 0 Å². The van der Waals surface area contributed by atoms with E-state index in [1.165, 1.54) is 0 Å². The Morgan fingerprint density at radius 2 is 1.88 bits per heavy atom. The summed E-state index contributed by atoms with van der Waals surface area (Å²) in [5.74, 6) is -2.23. The van der Waals surface area contributed by atoms with E-state index < -0.39 is 18.5 Å². The first-order valence-electron chi connectivity index (χ1n) is 10.7. The first-order valence-corrected chi connectivity index (χ1v) is 11.9. The highest BCUT2D eigenvalue weighted by atomic mass is 32.2. The van der Waals surface area contributed by atoms with Crippen LogP contribution in [0.3, 0.4) is 0 Å². The predicted octanol–water partition coefficient (Wildman–Crippen LogP) is 5.14. The number of aryl methyl sites for hydroxylation is 1. The van der Waals surface area contributed by atoms with E-state index in [1.54, 1.807) is 11.8 Å². The lowest BCUT2D eigenvalue weighted by Crippen LogP contribution is -2.40. The molecule has 1 N–H and O–H groups in total. The topological polar surface area (TPSA) is 45.3 Å². The molecule has 32 heavy (non-hydrogen) atoms. The Hall–Kier alpha value is -1.81. The minimum Gasteiger partial charge on any atom is -0.490 e. The molecule has 2 aliphatic heterocycles. The Balaban J connectivity index is 1.32. The van der Waals surface area contributed by atoms with Gasteiger partial charge >= 0.3 is 12.1 Å². The molecule has 0 bridgehead atoms. The Morgan fingerprint density at radius 1 is 1.12 bits per heavy atom. The molecule has 0 saturated carbocycles. The maximum atomic E-state index is 13.0. The quantitative estimate of drug-likeness (QED) is 0.587. The number of pyridine rings is 1. The van der Waals surface area contributed by atoms with Crippen LogP contribution >= 0.6 is 11.8 Å². The number of aromatic nitrogens is 1. The molecule has 0 unspecified atom stereocenters. The molecule has 2 aromatic rings. The molecule has 2 aliphatic rings. The van der Waals surface area contributed by atoms with Crippen LogP contribution in [0.2, 0.25) is 0 Å². The smallest absolute Gasteiger partial charge is 0.453 e. The van der Waals surface area contributed by atoms with Gasteiger partial charge in [-0.25, -0.2) is 0 Å². The van der Waals surface area contributed by atoms with Gasteiger partial charge in [0.2, 0.25) is 0 Å². The van der Waals surface area contributed by atoms with Crippen LogP contribution in [0.5, 0.6) is 5.75 Å². The van der Waals surface area contributed by atoms with Gasteiger partial charge < -0.3 is 14.6 Å². The number of halogens is 5. The molecule has 4 rings (SSSR count). The third-order valence-electron chi connectivity index (χ3n) is 6.16. The Morgan fingerprint density at radius 3 is 2.59 bits per heavy atom. The van der Waals surface area contributed by atoms with E-state index in [9.17, 15) is 26.7 Å². The monoisotopic (exact) mass is 476 g/mol. The van der Waals surface area contributed by atoms with E-state index in [1.807, 2.05) is 23.1 Å². The summed E-state index contributed by atoms with van der Waals surface area (Å²) < 4.78 is 69.0. The summed E-state index contributed by atoms with van der Waals surface area (Å²) >= 11 is 1.75. The van der Waals surface area contributed by atoms with Crippen molar-refractivity contribution in [1.29, 1.82) is 0 Å². The molecule has 0 spiro atoms. The second-order valence-electron chi connectivity index (χ2n) is 8.39. The summed E-state index contributed by atoms with van der Waals surface area (Å²) in [4.78, 5) is 17.1. The number of ether oxygens (including phenoxy) is 1. The highest BCUT2D eigenvalue weighted by Gasteiger charge is 2.56. The molecular formula is C22H25F5N2O2S. The van der Waals surface area contributed by atoms with Crippen molar-refractivity contribution in [2.75, 3.05) is 25.4 Å². The summed E-state index contributed by atoms with van der Waals surface area (Å²) in [6, 6.07) is 5.64. The number of rotatable bonds is 6. The van der Waals surface area contributed by atoms with Crippen molar-refractivity contribution in [1.82, 2.24) is 9.88 Å². The van der Waals surface area contributed by atoms with Gasteiger partial charge in [-0.1, -0.05) is 0 Å². The number of piperidine rings is 1.